The van der Waals surface area contributed by atoms with Gasteiger partial charge < -0.3 is 19.6 Å². The summed E-state index contributed by atoms with van der Waals surface area (Å²) in [6.07, 6.45) is -0.878. The van der Waals surface area contributed by atoms with Gasteiger partial charge in [-0.3, -0.25) is 10.1 Å². The molecule has 34 heavy (non-hydrogen) atoms. The number of amides is 1. The number of oxazole rings is 1. The number of benzene rings is 3. The van der Waals surface area contributed by atoms with Crippen molar-refractivity contribution in [2.45, 2.75) is 20.0 Å². The van der Waals surface area contributed by atoms with Gasteiger partial charge in [0.2, 0.25) is 5.89 Å². The first-order valence-electron chi connectivity index (χ1n) is 10.1. The van der Waals surface area contributed by atoms with E-state index in [1.165, 1.54) is 12.1 Å². The minimum atomic E-state index is -0.878. The molecule has 0 bridgehead atoms. The number of nitrogens with one attached hydrogen (secondary N) is 2. The van der Waals surface area contributed by atoms with Gasteiger partial charge in [0.05, 0.1) is 10.6 Å². The predicted molar refractivity (Wildman–Crippen MR) is 137 cm³/mol. The van der Waals surface area contributed by atoms with Crippen LogP contribution in [0.3, 0.4) is 0 Å². The summed E-state index contributed by atoms with van der Waals surface area (Å²) in [7, 11) is 0. The number of fused-ring (bicyclic) bond motifs is 1. The second-order valence-corrected chi connectivity index (χ2v) is 8.75. The second-order valence-electron chi connectivity index (χ2n) is 7.50. The van der Waals surface area contributed by atoms with Crippen LogP contribution in [0.5, 0.6) is 11.5 Å². The zero-order valence-corrected chi connectivity index (χ0v) is 20.4. The molecule has 1 amide bonds. The van der Waals surface area contributed by atoms with Gasteiger partial charge >= 0.3 is 0 Å². The highest BCUT2D eigenvalue weighted by Gasteiger charge is 2.18. The number of thiocarbonyl (C=S) groups is 1. The lowest BCUT2D eigenvalue weighted by molar-refractivity contribution is -0.125. The molecule has 174 valence electrons. The van der Waals surface area contributed by atoms with Gasteiger partial charge in [0.15, 0.2) is 16.8 Å². The third kappa shape index (κ3) is 5.41. The lowest BCUT2D eigenvalue weighted by Crippen LogP contribution is -2.42. The van der Waals surface area contributed by atoms with Gasteiger partial charge in [0, 0.05) is 10.7 Å². The summed E-state index contributed by atoms with van der Waals surface area (Å²) < 4.78 is 11.4. The number of aryl methyl sites for hydroxylation is 1. The zero-order chi connectivity index (χ0) is 24.4. The number of rotatable bonds is 5. The average Bonchev–Trinajstić information content (AvgIpc) is 3.19. The van der Waals surface area contributed by atoms with Crippen molar-refractivity contribution < 1.29 is 19.1 Å². The number of carbonyl (C=O) groups excluding carboxylic acids is 1. The van der Waals surface area contributed by atoms with Crippen molar-refractivity contribution in [1.29, 1.82) is 0 Å². The van der Waals surface area contributed by atoms with Gasteiger partial charge in [0.25, 0.3) is 5.91 Å². The molecule has 0 aliphatic rings. The Morgan fingerprint density at radius 3 is 2.71 bits per heavy atom. The Bertz CT molecular complexity index is 1410. The van der Waals surface area contributed by atoms with E-state index in [9.17, 15) is 9.90 Å². The van der Waals surface area contributed by atoms with Crippen LogP contribution in [0.15, 0.2) is 59.0 Å². The third-order valence-corrected chi connectivity index (χ3v) is 5.57. The van der Waals surface area contributed by atoms with E-state index in [4.69, 9.17) is 44.6 Å². The molecule has 4 rings (SSSR count). The number of hydrogen-bond donors (Lipinski definition) is 3. The number of phenolic OH excluding ortho intramolecular Hbond substituents is 1. The Morgan fingerprint density at radius 1 is 1.15 bits per heavy atom. The fourth-order valence-corrected chi connectivity index (χ4v) is 3.79. The molecule has 0 saturated carbocycles. The lowest BCUT2D eigenvalue weighted by Gasteiger charge is -2.17. The van der Waals surface area contributed by atoms with E-state index in [0.29, 0.717) is 38.1 Å². The largest absolute Gasteiger partial charge is 0.507 e. The molecule has 0 aliphatic carbocycles. The molecule has 10 heteroatoms. The van der Waals surface area contributed by atoms with Crippen molar-refractivity contribution >= 4 is 63.2 Å². The van der Waals surface area contributed by atoms with Crippen molar-refractivity contribution in [3.8, 4) is 23.0 Å². The predicted octanol–water partition coefficient (Wildman–Crippen LogP) is 6.10. The van der Waals surface area contributed by atoms with Gasteiger partial charge in [-0.05, 0) is 80.2 Å². The first-order chi connectivity index (χ1) is 16.2. The normalized spacial score (nSPS) is 11.8. The molecule has 1 atom stereocenters. The number of halogens is 2. The molecular formula is C24H19Cl2N3O4S. The quantitative estimate of drug-likeness (QED) is 0.218. The highest BCUT2D eigenvalue weighted by Crippen LogP contribution is 2.33. The summed E-state index contributed by atoms with van der Waals surface area (Å²) in [6, 6.07) is 15.1. The molecule has 1 unspecified atom stereocenters. The van der Waals surface area contributed by atoms with E-state index in [1.807, 2.05) is 25.1 Å². The molecular weight excluding hydrogens is 497 g/mol. The van der Waals surface area contributed by atoms with Crippen LogP contribution in [-0.4, -0.2) is 27.2 Å². The molecule has 4 aromatic rings. The SMILES string of the molecule is Cc1ccc2nc(-c3cc(NC(=S)NC(=O)C(C)Oc4ccc(Cl)cc4Cl)ccc3O)oc2c1. The molecule has 0 spiro atoms. The monoisotopic (exact) mass is 515 g/mol. The average molecular weight is 516 g/mol. The maximum atomic E-state index is 12.5. The minimum Gasteiger partial charge on any atom is -0.507 e. The van der Waals surface area contributed by atoms with Crippen LogP contribution in [-0.2, 0) is 4.79 Å². The molecule has 3 N–H and O–H groups in total. The van der Waals surface area contributed by atoms with E-state index < -0.39 is 12.0 Å². The van der Waals surface area contributed by atoms with Crippen molar-refractivity contribution in [2.75, 3.05) is 5.32 Å². The maximum Gasteiger partial charge on any atom is 0.266 e. The van der Waals surface area contributed by atoms with Gasteiger partial charge in [-0.2, -0.15) is 0 Å². The summed E-state index contributed by atoms with van der Waals surface area (Å²) in [4.78, 5) is 16.9. The lowest BCUT2D eigenvalue weighted by atomic mass is 10.1. The van der Waals surface area contributed by atoms with Crippen LogP contribution >= 0.6 is 35.4 Å². The maximum absolute atomic E-state index is 12.5. The number of anilines is 1. The van der Waals surface area contributed by atoms with Crippen LogP contribution in [0.1, 0.15) is 12.5 Å². The Labute approximate surface area is 210 Å². The van der Waals surface area contributed by atoms with Crippen molar-refractivity contribution in [1.82, 2.24) is 10.3 Å². The standard InChI is InChI=1S/C24H19Cl2N3O4S/c1-12-3-6-18-21(9-12)33-23(28-18)16-11-15(5-7-19(16)30)27-24(34)29-22(31)13(2)32-20-8-4-14(25)10-17(20)26/h3-11,13,30H,1-2H3,(H2,27,29,31,34). The number of carbonyl (C=O) groups is 1. The Hall–Kier alpha value is -3.33. The number of phenols is 1. The van der Waals surface area contributed by atoms with Crippen LogP contribution in [0, 0.1) is 6.92 Å². The summed E-state index contributed by atoms with van der Waals surface area (Å²) in [5.41, 5.74) is 3.22. The van der Waals surface area contributed by atoms with E-state index in [0.717, 1.165) is 5.56 Å². The van der Waals surface area contributed by atoms with Crippen LogP contribution in [0.4, 0.5) is 5.69 Å². The smallest absolute Gasteiger partial charge is 0.266 e. The van der Waals surface area contributed by atoms with Crippen molar-refractivity contribution in [3.05, 3.63) is 70.2 Å². The van der Waals surface area contributed by atoms with Crippen molar-refractivity contribution in [3.63, 3.8) is 0 Å². The summed E-state index contributed by atoms with van der Waals surface area (Å²) >= 11 is 17.2. The molecule has 0 aliphatic heterocycles. The molecule has 1 heterocycles. The number of nitrogens with zero attached hydrogens (tertiary/aromatic N) is 1. The van der Waals surface area contributed by atoms with Gasteiger partial charge in [0.1, 0.15) is 17.0 Å². The van der Waals surface area contributed by atoms with Crippen molar-refractivity contribution in [2.24, 2.45) is 0 Å². The molecule has 0 fully saturated rings. The van der Waals surface area contributed by atoms with E-state index >= 15 is 0 Å². The number of hydrogen-bond acceptors (Lipinski definition) is 6. The molecule has 3 aromatic carbocycles. The Morgan fingerprint density at radius 2 is 1.94 bits per heavy atom. The van der Waals surface area contributed by atoms with Gasteiger partial charge in [-0.1, -0.05) is 29.3 Å². The highest BCUT2D eigenvalue weighted by molar-refractivity contribution is 7.80. The molecule has 0 radical (unpaired) electrons. The first-order valence-corrected chi connectivity index (χ1v) is 11.3. The Kier molecular flexibility index (Phi) is 6.92. The van der Waals surface area contributed by atoms with Crippen LogP contribution < -0.4 is 15.4 Å². The van der Waals surface area contributed by atoms with Gasteiger partial charge in [-0.15, -0.1) is 0 Å². The second kappa shape index (κ2) is 9.89. The number of aromatic nitrogens is 1. The molecule has 1 aromatic heterocycles. The van der Waals surface area contributed by atoms with E-state index in [2.05, 4.69) is 15.6 Å². The molecule has 0 saturated heterocycles. The van der Waals surface area contributed by atoms with E-state index in [-0.39, 0.29) is 16.8 Å². The fourth-order valence-electron chi connectivity index (χ4n) is 3.12. The zero-order valence-electron chi connectivity index (χ0n) is 18.1. The topological polar surface area (TPSA) is 96.6 Å². The van der Waals surface area contributed by atoms with Gasteiger partial charge in [-0.25, -0.2) is 4.98 Å². The van der Waals surface area contributed by atoms with E-state index in [1.54, 1.807) is 31.2 Å². The number of ether oxygens (including phenoxy) is 1. The summed E-state index contributed by atoms with van der Waals surface area (Å²) in [5.74, 6) is 0.102. The summed E-state index contributed by atoms with van der Waals surface area (Å²) in [6.45, 7) is 3.52. The fraction of sp³-hybridized carbons (Fsp3) is 0.125. The van der Waals surface area contributed by atoms with Crippen LogP contribution in [0.25, 0.3) is 22.6 Å². The minimum absolute atomic E-state index is 0.00866. The third-order valence-electron chi connectivity index (χ3n) is 4.83. The molecule has 7 nitrogen and oxygen atoms in total. The summed E-state index contributed by atoms with van der Waals surface area (Å²) in [5, 5.41) is 16.6. The van der Waals surface area contributed by atoms with Crippen LogP contribution in [0.2, 0.25) is 10.0 Å². The number of aromatic hydroxyl groups is 1. The first kappa shape index (κ1) is 23.8. The Balaban J connectivity index is 1.44. The highest BCUT2D eigenvalue weighted by atomic mass is 35.5.